The molecule has 0 aromatic heterocycles. The maximum atomic E-state index is 10.4. The zero-order chi connectivity index (χ0) is 14.5. The zero-order valence-corrected chi connectivity index (χ0v) is 13.0. The van der Waals surface area contributed by atoms with Gasteiger partial charge in [0.25, 0.3) is 0 Å². The van der Waals surface area contributed by atoms with Crippen LogP contribution < -0.4 is 0 Å². The molecule has 0 radical (unpaired) electrons. The summed E-state index contributed by atoms with van der Waals surface area (Å²) in [6.45, 7) is 6.29. The molecule has 1 unspecified atom stereocenters. The number of aryl methyl sites for hydroxylation is 1. The van der Waals surface area contributed by atoms with E-state index >= 15 is 0 Å². The van der Waals surface area contributed by atoms with E-state index in [1.807, 2.05) is 18.2 Å². The number of likely N-dealkylation sites (N-methyl/N-ethyl adjacent to an activating group) is 1. The molecule has 1 aliphatic rings. The molecule has 1 heterocycles. The lowest BCUT2D eigenvalue weighted by Crippen LogP contribution is -2.37. The molecule has 1 fully saturated rings. The maximum absolute atomic E-state index is 10.4. The van der Waals surface area contributed by atoms with Gasteiger partial charge in [-0.15, -0.1) is 0 Å². The van der Waals surface area contributed by atoms with Crippen LogP contribution in [0.15, 0.2) is 24.3 Å². The summed E-state index contributed by atoms with van der Waals surface area (Å²) >= 11 is 0. The first kappa shape index (κ1) is 15.5. The van der Waals surface area contributed by atoms with E-state index in [9.17, 15) is 5.11 Å². The van der Waals surface area contributed by atoms with Crippen molar-refractivity contribution in [3.63, 3.8) is 0 Å². The van der Waals surface area contributed by atoms with Crippen LogP contribution >= 0.6 is 0 Å². The number of piperidine rings is 1. The minimum absolute atomic E-state index is 0.382. The van der Waals surface area contributed by atoms with Crippen LogP contribution in [-0.2, 0) is 0 Å². The van der Waals surface area contributed by atoms with Gasteiger partial charge in [-0.25, -0.2) is 0 Å². The first-order valence-corrected chi connectivity index (χ1v) is 7.67. The predicted molar refractivity (Wildman–Crippen MR) is 83.9 cm³/mol. The van der Waals surface area contributed by atoms with Crippen LogP contribution in [0.3, 0.4) is 0 Å². The highest BCUT2D eigenvalue weighted by Gasteiger charge is 2.20. The number of aliphatic hydroxyl groups excluding tert-OH is 1. The number of hydrogen-bond acceptors (Lipinski definition) is 3. The Morgan fingerprint density at radius 1 is 1.30 bits per heavy atom. The smallest absolute Gasteiger partial charge is 0.0919 e. The molecule has 1 aromatic rings. The number of hydrogen-bond donors (Lipinski definition) is 1. The molecular formula is C17H28N2O. The molecule has 0 bridgehead atoms. The first-order valence-electron chi connectivity index (χ1n) is 7.67. The van der Waals surface area contributed by atoms with Crippen LogP contribution in [0.5, 0.6) is 0 Å². The molecule has 20 heavy (non-hydrogen) atoms. The topological polar surface area (TPSA) is 26.7 Å². The van der Waals surface area contributed by atoms with Crippen LogP contribution in [0.2, 0.25) is 0 Å². The third kappa shape index (κ3) is 4.30. The molecule has 1 aliphatic heterocycles. The highest BCUT2D eigenvalue weighted by Crippen LogP contribution is 2.20. The van der Waals surface area contributed by atoms with E-state index in [2.05, 4.69) is 36.9 Å². The molecule has 0 spiro atoms. The van der Waals surface area contributed by atoms with Gasteiger partial charge >= 0.3 is 0 Å². The van der Waals surface area contributed by atoms with Crippen molar-refractivity contribution in [1.82, 2.24) is 9.80 Å². The van der Waals surface area contributed by atoms with Crippen molar-refractivity contribution < 1.29 is 5.11 Å². The van der Waals surface area contributed by atoms with Crippen molar-refractivity contribution in [3.8, 4) is 0 Å². The van der Waals surface area contributed by atoms with Gasteiger partial charge in [0.05, 0.1) is 6.10 Å². The molecule has 0 aliphatic carbocycles. The van der Waals surface area contributed by atoms with E-state index in [4.69, 9.17) is 0 Å². The predicted octanol–water partition coefficient (Wildman–Crippen LogP) is 2.30. The third-order valence-corrected chi connectivity index (χ3v) is 4.44. The van der Waals surface area contributed by atoms with Gasteiger partial charge in [-0.3, -0.25) is 0 Å². The first-order chi connectivity index (χ1) is 9.56. The lowest BCUT2D eigenvalue weighted by molar-refractivity contribution is 0.105. The van der Waals surface area contributed by atoms with Gasteiger partial charge in [0.1, 0.15) is 0 Å². The van der Waals surface area contributed by atoms with E-state index in [-0.39, 0.29) is 6.10 Å². The van der Waals surface area contributed by atoms with E-state index < -0.39 is 0 Å². The molecule has 112 valence electrons. The molecule has 3 heteroatoms. The molecule has 3 nitrogen and oxygen atoms in total. The van der Waals surface area contributed by atoms with Gasteiger partial charge in [-0.2, -0.15) is 0 Å². The number of nitrogens with zero attached hydrogens (tertiary/aromatic N) is 2. The Balaban J connectivity index is 1.82. The monoisotopic (exact) mass is 276 g/mol. The lowest BCUT2D eigenvalue weighted by Gasteiger charge is -2.32. The third-order valence-electron chi connectivity index (χ3n) is 4.44. The van der Waals surface area contributed by atoms with Gasteiger partial charge in [0.15, 0.2) is 0 Å². The second kappa shape index (κ2) is 7.21. The van der Waals surface area contributed by atoms with Crippen molar-refractivity contribution in [2.24, 2.45) is 5.92 Å². The number of rotatable bonds is 5. The van der Waals surface area contributed by atoms with Gasteiger partial charge in [0.2, 0.25) is 0 Å². The number of aliphatic hydroxyl groups is 1. The summed E-state index contributed by atoms with van der Waals surface area (Å²) in [5, 5.41) is 10.4. The number of likely N-dealkylation sites (tertiary alicyclic amines) is 1. The molecule has 0 amide bonds. The van der Waals surface area contributed by atoms with Crippen LogP contribution in [-0.4, -0.2) is 55.2 Å². The zero-order valence-electron chi connectivity index (χ0n) is 13.0. The highest BCUT2D eigenvalue weighted by atomic mass is 16.3. The van der Waals surface area contributed by atoms with Crippen molar-refractivity contribution >= 4 is 0 Å². The van der Waals surface area contributed by atoms with Crippen molar-refractivity contribution in [1.29, 1.82) is 0 Å². The second-order valence-corrected chi connectivity index (χ2v) is 6.34. The average Bonchev–Trinajstić information content (AvgIpc) is 2.41. The minimum atomic E-state index is -0.382. The summed E-state index contributed by atoms with van der Waals surface area (Å²) < 4.78 is 0. The second-order valence-electron chi connectivity index (χ2n) is 6.34. The summed E-state index contributed by atoms with van der Waals surface area (Å²) in [7, 11) is 4.32. The summed E-state index contributed by atoms with van der Waals surface area (Å²) in [4.78, 5) is 4.69. The Labute approximate surface area is 123 Å². The largest absolute Gasteiger partial charge is 0.387 e. The Bertz CT molecular complexity index is 413. The molecule has 1 atom stereocenters. The van der Waals surface area contributed by atoms with Gasteiger partial charge < -0.3 is 14.9 Å². The van der Waals surface area contributed by atoms with Crippen molar-refractivity contribution in [2.75, 3.05) is 40.3 Å². The summed E-state index contributed by atoms with van der Waals surface area (Å²) in [5.74, 6) is 0.778. The van der Waals surface area contributed by atoms with Gasteiger partial charge in [-0.05, 0) is 64.0 Å². The van der Waals surface area contributed by atoms with Gasteiger partial charge in [0, 0.05) is 13.1 Å². The average molecular weight is 276 g/mol. The quantitative estimate of drug-likeness (QED) is 0.894. The SMILES string of the molecule is Cc1ccccc1C(O)CN(C)CC1CCN(C)CC1. The summed E-state index contributed by atoms with van der Waals surface area (Å²) in [6.07, 6.45) is 2.18. The number of benzene rings is 1. The molecule has 2 rings (SSSR count). The molecule has 1 saturated heterocycles. The Hall–Kier alpha value is -0.900. The van der Waals surface area contributed by atoms with Crippen LogP contribution in [0.25, 0.3) is 0 Å². The highest BCUT2D eigenvalue weighted by molar-refractivity contribution is 5.27. The van der Waals surface area contributed by atoms with E-state index in [0.29, 0.717) is 0 Å². The fourth-order valence-electron chi connectivity index (χ4n) is 3.11. The minimum Gasteiger partial charge on any atom is -0.387 e. The van der Waals surface area contributed by atoms with E-state index in [1.165, 1.54) is 31.5 Å². The Kier molecular flexibility index (Phi) is 5.58. The van der Waals surface area contributed by atoms with E-state index in [1.54, 1.807) is 0 Å². The Morgan fingerprint density at radius 3 is 2.60 bits per heavy atom. The fourth-order valence-corrected chi connectivity index (χ4v) is 3.11. The Morgan fingerprint density at radius 2 is 1.95 bits per heavy atom. The van der Waals surface area contributed by atoms with Crippen LogP contribution in [0.1, 0.15) is 30.1 Å². The summed E-state index contributed by atoms with van der Waals surface area (Å²) in [6, 6.07) is 8.12. The van der Waals surface area contributed by atoms with Gasteiger partial charge in [-0.1, -0.05) is 24.3 Å². The maximum Gasteiger partial charge on any atom is 0.0919 e. The van der Waals surface area contributed by atoms with Crippen LogP contribution in [0, 0.1) is 12.8 Å². The molecule has 1 N–H and O–H groups in total. The molecular weight excluding hydrogens is 248 g/mol. The molecule has 0 saturated carbocycles. The van der Waals surface area contributed by atoms with Crippen LogP contribution in [0.4, 0.5) is 0 Å². The van der Waals surface area contributed by atoms with E-state index in [0.717, 1.165) is 24.6 Å². The van der Waals surface area contributed by atoms with Crippen molar-refractivity contribution in [2.45, 2.75) is 25.9 Å². The fraction of sp³-hybridized carbons (Fsp3) is 0.647. The normalized spacial score (nSPS) is 19.4. The lowest BCUT2D eigenvalue weighted by atomic mass is 9.96. The summed E-state index contributed by atoms with van der Waals surface area (Å²) in [5.41, 5.74) is 2.23. The van der Waals surface area contributed by atoms with Crippen molar-refractivity contribution in [3.05, 3.63) is 35.4 Å². The standard InChI is InChI=1S/C17H28N2O/c1-14-6-4-5-7-16(14)17(20)13-19(3)12-15-8-10-18(2)11-9-15/h4-7,15,17,20H,8-13H2,1-3H3. The molecule has 1 aromatic carbocycles.